The lowest BCUT2D eigenvalue weighted by Crippen LogP contribution is -2.37. The smallest absolute Gasteiger partial charge is 0.404 e. The number of β-amino-alcohol motifs (C(OH)–C–C–N with tert-alkyl or cyclic N) is 1. The summed E-state index contributed by atoms with van der Waals surface area (Å²) in [7, 11) is 0. The summed E-state index contributed by atoms with van der Waals surface area (Å²) >= 11 is 0. The molecular formula is C31H45N5O4. The largest absolute Gasteiger partial charge is 0.465 e. The standard InChI is InChI=1S/C31H45N5O4/c37-25(21-35-13-3-4-14-35)17-22-11-15-36(16-12-22)29-18-27(26-5-1-2-6-28(26)34-29)30(38)32-19-23-7-9-24(10-8-23)20-33-31(39)40/h1-2,5-6,18,22-25,33,37H,3-4,7-17,19-21H2,(H,32,38)(H,39,40). The van der Waals surface area contributed by atoms with Crippen molar-refractivity contribution < 1.29 is 19.8 Å². The second-order valence-corrected chi connectivity index (χ2v) is 12.2. The van der Waals surface area contributed by atoms with E-state index >= 15 is 0 Å². The number of likely N-dealkylation sites (tertiary alicyclic amines) is 1. The Kier molecular flexibility index (Phi) is 9.75. The van der Waals surface area contributed by atoms with Crippen LogP contribution in [0.5, 0.6) is 0 Å². The van der Waals surface area contributed by atoms with Crippen LogP contribution < -0.4 is 15.5 Å². The molecule has 1 saturated carbocycles. The highest BCUT2D eigenvalue weighted by atomic mass is 16.4. The number of nitrogens with one attached hydrogen (secondary N) is 2. The van der Waals surface area contributed by atoms with E-state index in [2.05, 4.69) is 20.4 Å². The van der Waals surface area contributed by atoms with Crippen molar-refractivity contribution in [3.63, 3.8) is 0 Å². The first-order valence-corrected chi connectivity index (χ1v) is 15.2. The third-order valence-corrected chi connectivity index (χ3v) is 9.22. The lowest BCUT2D eigenvalue weighted by atomic mass is 9.82. The Morgan fingerprint density at radius 3 is 2.23 bits per heavy atom. The number of hydrogen-bond acceptors (Lipinski definition) is 6. The number of nitrogens with zero attached hydrogens (tertiary/aromatic N) is 3. The van der Waals surface area contributed by atoms with Gasteiger partial charge in [-0.15, -0.1) is 0 Å². The van der Waals surface area contributed by atoms with Crippen LogP contribution in [0, 0.1) is 17.8 Å². The zero-order valence-corrected chi connectivity index (χ0v) is 23.6. The second-order valence-electron chi connectivity index (χ2n) is 12.2. The fraction of sp³-hybridized carbons (Fsp3) is 0.645. The fourth-order valence-electron chi connectivity index (χ4n) is 6.84. The predicted molar refractivity (Wildman–Crippen MR) is 157 cm³/mol. The van der Waals surface area contributed by atoms with Crippen molar-refractivity contribution in [2.75, 3.05) is 50.7 Å². The van der Waals surface area contributed by atoms with Crippen molar-refractivity contribution in [2.24, 2.45) is 17.8 Å². The maximum atomic E-state index is 13.4. The van der Waals surface area contributed by atoms with Gasteiger partial charge in [0.05, 0.1) is 17.2 Å². The van der Waals surface area contributed by atoms with Crippen molar-refractivity contribution in [2.45, 2.75) is 63.9 Å². The van der Waals surface area contributed by atoms with E-state index in [1.165, 1.54) is 12.8 Å². The summed E-state index contributed by atoms with van der Waals surface area (Å²) < 4.78 is 0. The molecule has 2 amide bonds. The number of benzene rings is 1. The zero-order chi connectivity index (χ0) is 27.9. The summed E-state index contributed by atoms with van der Waals surface area (Å²) in [5.41, 5.74) is 1.50. The van der Waals surface area contributed by atoms with Crippen molar-refractivity contribution in [1.82, 2.24) is 20.5 Å². The number of pyridine rings is 1. The number of amides is 2. The first-order valence-electron chi connectivity index (χ1n) is 15.2. The number of hydrogen-bond donors (Lipinski definition) is 4. The number of para-hydroxylation sites is 1. The molecule has 2 saturated heterocycles. The molecule has 0 spiro atoms. The first-order chi connectivity index (χ1) is 19.4. The first kappa shape index (κ1) is 28.6. The van der Waals surface area contributed by atoms with Gasteiger partial charge in [-0.25, -0.2) is 9.78 Å². The molecule has 3 fully saturated rings. The molecule has 1 atom stereocenters. The third kappa shape index (κ3) is 7.63. The molecule has 3 heterocycles. The maximum Gasteiger partial charge on any atom is 0.404 e. The number of rotatable bonds is 10. The molecule has 9 heteroatoms. The van der Waals surface area contributed by atoms with E-state index in [-0.39, 0.29) is 12.0 Å². The van der Waals surface area contributed by atoms with Gasteiger partial charge >= 0.3 is 6.09 Å². The number of anilines is 1. The molecule has 4 N–H and O–H groups in total. The van der Waals surface area contributed by atoms with Crippen LogP contribution in [0.25, 0.3) is 10.9 Å². The Balaban J connectivity index is 1.16. The predicted octanol–water partition coefficient (Wildman–Crippen LogP) is 4.10. The molecule has 2 aliphatic heterocycles. The molecule has 9 nitrogen and oxygen atoms in total. The van der Waals surface area contributed by atoms with E-state index in [1.54, 1.807) is 0 Å². The summed E-state index contributed by atoms with van der Waals surface area (Å²) in [6.07, 6.45) is 8.15. The number of carbonyl (C=O) groups excluding carboxylic acids is 1. The molecule has 5 rings (SSSR count). The topological polar surface area (TPSA) is 118 Å². The molecule has 218 valence electrons. The lowest BCUT2D eigenvalue weighted by Gasteiger charge is -2.34. The van der Waals surface area contributed by atoms with Crippen molar-refractivity contribution in [1.29, 1.82) is 0 Å². The van der Waals surface area contributed by atoms with Crippen LogP contribution in [0.2, 0.25) is 0 Å². The number of aliphatic hydroxyl groups excluding tert-OH is 1. The van der Waals surface area contributed by atoms with Crippen molar-refractivity contribution >= 4 is 28.7 Å². The molecule has 1 unspecified atom stereocenters. The fourth-order valence-corrected chi connectivity index (χ4v) is 6.84. The van der Waals surface area contributed by atoms with E-state index in [1.807, 2.05) is 30.3 Å². The number of fused-ring (bicyclic) bond motifs is 1. The van der Waals surface area contributed by atoms with Gasteiger partial charge in [0, 0.05) is 38.1 Å². The number of aliphatic hydroxyl groups is 1. The van der Waals surface area contributed by atoms with Gasteiger partial charge in [-0.1, -0.05) is 18.2 Å². The summed E-state index contributed by atoms with van der Waals surface area (Å²) in [6.45, 7) is 5.94. The minimum Gasteiger partial charge on any atom is -0.465 e. The van der Waals surface area contributed by atoms with Gasteiger partial charge < -0.3 is 30.6 Å². The van der Waals surface area contributed by atoms with E-state index in [0.717, 1.165) is 94.4 Å². The molecule has 3 aliphatic rings. The Morgan fingerprint density at radius 2 is 1.55 bits per heavy atom. The Labute approximate surface area is 237 Å². The normalized spacial score (nSPS) is 23.3. The summed E-state index contributed by atoms with van der Waals surface area (Å²) in [5.74, 6) is 2.11. The minimum atomic E-state index is -0.963. The average molecular weight is 552 g/mol. The van der Waals surface area contributed by atoms with E-state index in [9.17, 15) is 14.7 Å². The Morgan fingerprint density at radius 1 is 0.900 bits per heavy atom. The molecule has 0 bridgehead atoms. The molecule has 1 aromatic heterocycles. The van der Waals surface area contributed by atoms with E-state index < -0.39 is 6.09 Å². The minimum absolute atomic E-state index is 0.0607. The van der Waals surface area contributed by atoms with Gasteiger partial charge in [0.2, 0.25) is 0 Å². The zero-order valence-electron chi connectivity index (χ0n) is 23.6. The van der Waals surface area contributed by atoms with Crippen LogP contribution in [-0.2, 0) is 0 Å². The highest BCUT2D eigenvalue weighted by Crippen LogP contribution is 2.30. The van der Waals surface area contributed by atoms with Gasteiger partial charge in [0.25, 0.3) is 5.91 Å². The summed E-state index contributed by atoms with van der Waals surface area (Å²) in [4.78, 5) is 33.8. The molecular weight excluding hydrogens is 506 g/mol. The monoisotopic (exact) mass is 551 g/mol. The number of piperidine rings is 1. The van der Waals surface area contributed by atoms with Crippen LogP contribution in [-0.4, -0.2) is 84.0 Å². The average Bonchev–Trinajstić information content (AvgIpc) is 3.48. The van der Waals surface area contributed by atoms with Gasteiger partial charge in [-0.3, -0.25) is 4.79 Å². The molecule has 1 aliphatic carbocycles. The van der Waals surface area contributed by atoms with Gasteiger partial charge in [0.15, 0.2) is 0 Å². The maximum absolute atomic E-state index is 13.4. The van der Waals surface area contributed by atoms with E-state index in [0.29, 0.717) is 36.4 Å². The van der Waals surface area contributed by atoms with Crippen LogP contribution in [0.3, 0.4) is 0 Å². The molecule has 1 aromatic carbocycles. The third-order valence-electron chi connectivity index (χ3n) is 9.22. The lowest BCUT2D eigenvalue weighted by molar-refractivity contribution is 0.0940. The van der Waals surface area contributed by atoms with Gasteiger partial charge in [-0.2, -0.15) is 0 Å². The highest BCUT2D eigenvalue weighted by molar-refractivity contribution is 6.07. The second kappa shape index (κ2) is 13.6. The molecule has 2 aromatic rings. The van der Waals surface area contributed by atoms with Crippen LogP contribution in [0.15, 0.2) is 30.3 Å². The molecule has 0 radical (unpaired) electrons. The summed E-state index contributed by atoms with van der Waals surface area (Å²) in [6, 6.07) is 9.81. The Hall–Kier alpha value is -2.91. The number of carbonyl (C=O) groups is 2. The van der Waals surface area contributed by atoms with Crippen molar-refractivity contribution in [3.05, 3.63) is 35.9 Å². The van der Waals surface area contributed by atoms with Crippen LogP contribution >= 0.6 is 0 Å². The Bertz CT molecular complexity index is 1140. The van der Waals surface area contributed by atoms with E-state index in [4.69, 9.17) is 10.1 Å². The van der Waals surface area contributed by atoms with Gasteiger partial charge in [0.1, 0.15) is 5.82 Å². The quantitative estimate of drug-likeness (QED) is 0.351. The SMILES string of the molecule is O=C(O)NCC1CCC(CNC(=O)c2cc(N3CCC(CC(O)CN4CCCC4)CC3)nc3ccccc23)CC1. The van der Waals surface area contributed by atoms with Crippen molar-refractivity contribution in [3.8, 4) is 0 Å². The van der Waals surface area contributed by atoms with Crippen LogP contribution in [0.1, 0.15) is 68.1 Å². The van der Waals surface area contributed by atoms with Gasteiger partial charge in [-0.05, 0) is 101 Å². The molecule has 40 heavy (non-hydrogen) atoms. The van der Waals surface area contributed by atoms with Crippen LogP contribution in [0.4, 0.5) is 10.6 Å². The number of aromatic nitrogens is 1. The highest BCUT2D eigenvalue weighted by Gasteiger charge is 2.26. The summed E-state index contributed by atoms with van der Waals surface area (Å²) in [5, 5.41) is 26.0. The number of carboxylic acid groups (broad SMARTS) is 1.